The number of nitrogens with zero attached hydrogens (tertiary/aromatic N) is 2. The summed E-state index contributed by atoms with van der Waals surface area (Å²) < 4.78 is 18.0. The van der Waals surface area contributed by atoms with Crippen molar-refractivity contribution in [3.05, 3.63) is 65.5 Å². The van der Waals surface area contributed by atoms with E-state index < -0.39 is 0 Å². The number of halogens is 1. The monoisotopic (exact) mass is 514 g/mol. The van der Waals surface area contributed by atoms with Crippen LogP contribution in [0.2, 0.25) is 0 Å². The zero-order chi connectivity index (χ0) is 29.0. The molecule has 0 aliphatic rings. The molecule has 0 N–H and O–H groups in total. The van der Waals surface area contributed by atoms with Crippen molar-refractivity contribution in [2.24, 2.45) is 0 Å². The maximum absolute atomic E-state index is 12.9. The van der Waals surface area contributed by atoms with E-state index in [4.69, 9.17) is 4.74 Å². The Balaban J connectivity index is 0.000000371. The molecule has 2 aromatic rings. The Morgan fingerprint density at radius 3 is 1.08 bits per heavy atom. The van der Waals surface area contributed by atoms with Crippen LogP contribution in [0.1, 0.15) is 104 Å². The van der Waals surface area contributed by atoms with Crippen molar-refractivity contribution in [1.29, 1.82) is 0 Å². The van der Waals surface area contributed by atoms with Crippen molar-refractivity contribution in [3.8, 4) is 5.75 Å². The lowest BCUT2D eigenvalue weighted by molar-refractivity contribution is 0.0258. The summed E-state index contributed by atoms with van der Waals surface area (Å²) in [5, 5.41) is 0. The number of carbonyl (C=O) groups is 2. The summed E-state index contributed by atoms with van der Waals surface area (Å²) in [4.78, 5) is 29.0. The second kappa shape index (κ2) is 11.7. The highest BCUT2D eigenvalue weighted by molar-refractivity contribution is 5.95. The Bertz CT molecular complexity index is 1000. The number of carbonyl (C=O) groups excluding carboxylic acids is 2. The van der Waals surface area contributed by atoms with E-state index >= 15 is 0 Å². The van der Waals surface area contributed by atoms with Gasteiger partial charge in [0.1, 0.15) is 11.6 Å². The summed E-state index contributed by atoms with van der Waals surface area (Å²) >= 11 is 0. The molecule has 0 heterocycles. The molecule has 0 fully saturated rings. The minimum atomic E-state index is -0.329. The Labute approximate surface area is 224 Å². The van der Waals surface area contributed by atoms with Gasteiger partial charge in [0.15, 0.2) is 0 Å². The maximum Gasteiger partial charge on any atom is 0.254 e. The Morgan fingerprint density at radius 2 is 0.838 bits per heavy atom. The Hall–Kier alpha value is -2.89. The minimum Gasteiger partial charge on any atom is -0.497 e. The number of amides is 2. The van der Waals surface area contributed by atoms with Gasteiger partial charge in [-0.25, -0.2) is 4.39 Å². The molecule has 0 saturated carbocycles. The third-order valence-electron chi connectivity index (χ3n) is 5.52. The lowest BCUT2D eigenvalue weighted by atomic mass is 9.94. The summed E-state index contributed by atoms with van der Waals surface area (Å²) in [6.45, 7) is 24.3. The van der Waals surface area contributed by atoms with Gasteiger partial charge in [-0.2, -0.15) is 0 Å². The molecular weight excluding hydrogens is 467 g/mol. The molecule has 0 aliphatic heterocycles. The molecule has 0 atom stereocenters. The fraction of sp³-hybridized carbons (Fsp3) is 0.548. The second-order valence-electron chi connectivity index (χ2n) is 13.2. The number of ether oxygens (including phenoxy) is 1. The van der Waals surface area contributed by atoms with Crippen LogP contribution >= 0.6 is 0 Å². The molecule has 2 rings (SSSR count). The van der Waals surface area contributed by atoms with E-state index in [1.807, 2.05) is 75.6 Å². The third kappa shape index (κ3) is 9.17. The molecule has 0 bridgehead atoms. The van der Waals surface area contributed by atoms with E-state index in [2.05, 4.69) is 41.5 Å². The van der Waals surface area contributed by atoms with Crippen LogP contribution in [0.25, 0.3) is 0 Å². The molecule has 2 amide bonds. The molecule has 0 spiro atoms. The van der Waals surface area contributed by atoms with Crippen LogP contribution in [-0.4, -0.2) is 50.9 Å². The molecule has 6 heteroatoms. The second-order valence-corrected chi connectivity index (χ2v) is 13.2. The lowest BCUT2D eigenvalue weighted by Crippen LogP contribution is -2.55. The number of hydrogen-bond donors (Lipinski definition) is 0. The lowest BCUT2D eigenvalue weighted by Gasteiger charge is -2.45. The van der Waals surface area contributed by atoms with Crippen LogP contribution in [0, 0.1) is 5.82 Å². The van der Waals surface area contributed by atoms with E-state index in [-0.39, 0.29) is 39.8 Å². The fourth-order valence-electron chi connectivity index (χ4n) is 4.82. The minimum absolute atomic E-state index is 0.0441. The number of rotatable bonds is 3. The molecule has 0 aliphatic carbocycles. The highest BCUT2D eigenvalue weighted by Crippen LogP contribution is 2.28. The maximum atomic E-state index is 12.9. The normalized spacial score (nSPS) is 12.3. The van der Waals surface area contributed by atoms with Crippen molar-refractivity contribution in [1.82, 2.24) is 9.80 Å². The molecule has 0 saturated heterocycles. The smallest absolute Gasteiger partial charge is 0.254 e. The molecule has 2 aromatic carbocycles. The first-order chi connectivity index (χ1) is 16.6. The first-order valence-corrected chi connectivity index (χ1v) is 12.7. The fourth-order valence-corrected chi connectivity index (χ4v) is 4.82. The van der Waals surface area contributed by atoms with E-state index in [0.29, 0.717) is 11.1 Å². The highest BCUT2D eigenvalue weighted by atomic mass is 19.1. The van der Waals surface area contributed by atoms with Gasteiger partial charge in [0, 0.05) is 33.3 Å². The third-order valence-corrected chi connectivity index (χ3v) is 5.52. The van der Waals surface area contributed by atoms with Crippen molar-refractivity contribution < 1.29 is 18.7 Å². The van der Waals surface area contributed by atoms with Crippen LogP contribution in [0.4, 0.5) is 4.39 Å². The quantitative estimate of drug-likeness (QED) is 0.424. The van der Waals surface area contributed by atoms with E-state index in [1.54, 1.807) is 7.11 Å². The van der Waals surface area contributed by atoms with E-state index in [1.165, 1.54) is 24.3 Å². The van der Waals surface area contributed by atoms with Crippen LogP contribution in [0.15, 0.2) is 48.5 Å². The predicted molar refractivity (Wildman–Crippen MR) is 151 cm³/mol. The van der Waals surface area contributed by atoms with Crippen molar-refractivity contribution in [3.63, 3.8) is 0 Å². The average molecular weight is 515 g/mol. The van der Waals surface area contributed by atoms with Gasteiger partial charge in [0.25, 0.3) is 11.8 Å². The van der Waals surface area contributed by atoms with Crippen LogP contribution in [0.3, 0.4) is 0 Å². The number of benzene rings is 2. The number of methoxy groups -OCH3 is 1. The molecule has 37 heavy (non-hydrogen) atoms. The van der Waals surface area contributed by atoms with Gasteiger partial charge in [0.05, 0.1) is 7.11 Å². The van der Waals surface area contributed by atoms with Gasteiger partial charge in [0.2, 0.25) is 0 Å². The standard InChI is InChI=1S/C16H25NO2.C15H22FNO/c1-15(2,3)17(16(4,5)6)14(18)12-8-10-13(19-7)11-9-12;1-14(2,3)17(15(4,5)6)13(18)11-7-9-12(16)10-8-11/h8-11H,1-7H3;7-10H,1-6H3. The molecule has 5 nitrogen and oxygen atoms in total. The Kier molecular flexibility index (Phi) is 10.1. The molecule has 0 unspecified atom stereocenters. The van der Waals surface area contributed by atoms with E-state index in [0.717, 1.165) is 5.75 Å². The first kappa shape index (κ1) is 32.1. The van der Waals surface area contributed by atoms with Crippen molar-refractivity contribution in [2.45, 2.75) is 105 Å². The topological polar surface area (TPSA) is 49.9 Å². The predicted octanol–water partition coefficient (Wildman–Crippen LogP) is 7.60. The van der Waals surface area contributed by atoms with Gasteiger partial charge in [-0.3, -0.25) is 9.59 Å². The van der Waals surface area contributed by atoms with Crippen molar-refractivity contribution >= 4 is 11.8 Å². The molecule has 206 valence electrons. The summed E-state index contributed by atoms with van der Waals surface area (Å²) in [5.74, 6) is 0.400. The zero-order valence-corrected chi connectivity index (χ0v) is 25.1. The summed E-state index contributed by atoms with van der Waals surface area (Å²) in [7, 11) is 1.62. The highest BCUT2D eigenvalue weighted by Gasteiger charge is 2.37. The van der Waals surface area contributed by atoms with Crippen LogP contribution in [-0.2, 0) is 0 Å². The SMILES string of the molecule is CC(C)(C)N(C(=O)c1ccc(F)cc1)C(C)(C)C.COc1ccc(C(=O)N(C(C)(C)C)C(C)(C)C)cc1. The number of hydrogen-bond acceptors (Lipinski definition) is 3. The van der Waals surface area contributed by atoms with Gasteiger partial charge in [-0.1, -0.05) is 0 Å². The zero-order valence-electron chi connectivity index (χ0n) is 25.1. The van der Waals surface area contributed by atoms with Gasteiger partial charge >= 0.3 is 0 Å². The first-order valence-electron chi connectivity index (χ1n) is 12.7. The van der Waals surface area contributed by atoms with Gasteiger partial charge in [-0.15, -0.1) is 0 Å². The largest absolute Gasteiger partial charge is 0.497 e. The van der Waals surface area contributed by atoms with E-state index in [9.17, 15) is 14.0 Å². The van der Waals surface area contributed by atoms with Crippen LogP contribution < -0.4 is 4.74 Å². The van der Waals surface area contributed by atoms with Crippen molar-refractivity contribution in [2.75, 3.05) is 7.11 Å². The summed E-state index contributed by atoms with van der Waals surface area (Å²) in [6, 6.07) is 12.9. The summed E-state index contributed by atoms with van der Waals surface area (Å²) in [5.41, 5.74) is 0.171. The molecule has 0 aromatic heterocycles. The Morgan fingerprint density at radius 1 is 0.568 bits per heavy atom. The average Bonchev–Trinajstić information content (AvgIpc) is 2.70. The molecule has 0 radical (unpaired) electrons. The molecular formula is C31H47FN2O3. The van der Waals surface area contributed by atoms with Gasteiger partial charge < -0.3 is 14.5 Å². The van der Waals surface area contributed by atoms with Gasteiger partial charge in [-0.05, 0) is 132 Å². The van der Waals surface area contributed by atoms with Crippen LogP contribution in [0.5, 0.6) is 5.75 Å². The summed E-state index contributed by atoms with van der Waals surface area (Å²) in [6.07, 6.45) is 0.